The highest BCUT2D eigenvalue weighted by Gasteiger charge is 2.08. The van der Waals surface area contributed by atoms with Crippen LogP contribution in [0.1, 0.15) is 11.1 Å². The normalized spacial score (nSPS) is 9.38. The summed E-state index contributed by atoms with van der Waals surface area (Å²) in [6.45, 7) is 0.358. The number of nitriles is 1. The third kappa shape index (κ3) is 2.00. The SMILES string of the molecule is COc1c(C#N)cc(Br)cc1CN. The lowest BCUT2D eigenvalue weighted by Crippen LogP contribution is -2.01. The van der Waals surface area contributed by atoms with Crippen LogP contribution in [0.4, 0.5) is 0 Å². The second-order valence-corrected chi connectivity index (χ2v) is 3.38. The molecule has 1 rings (SSSR count). The van der Waals surface area contributed by atoms with E-state index in [-0.39, 0.29) is 0 Å². The fourth-order valence-corrected chi connectivity index (χ4v) is 1.63. The molecule has 0 aliphatic carbocycles. The first-order valence-electron chi connectivity index (χ1n) is 3.69. The highest BCUT2D eigenvalue weighted by molar-refractivity contribution is 9.10. The number of halogens is 1. The summed E-state index contributed by atoms with van der Waals surface area (Å²) in [5.74, 6) is 0.563. The van der Waals surface area contributed by atoms with Gasteiger partial charge < -0.3 is 10.5 Å². The maximum absolute atomic E-state index is 8.80. The van der Waals surface area contributed by atoms with E-state index in [9.17, 15) is 0 Å². The van der Waals surface area contributed by atoms with Gasteiger partial charge in [-0.15, -0.1) is 0 Å². The zero-order valence-electron chi connectivity index (χ0n) is 7.17. The standard InChI is InChI=1S/C9H9BrN2O/c1-13-9-6(4-11)2-8(10)3-7(9)5-12/h2-3H,4,11H2,1H3. The molecule has 0 aliphatic heterocycles. The van der Waals surface area contributed by atoms with Crippen LogP contribution in [0.25, 0.3) is 0 Å². The third-order valence-corrected chi connectivity index (χ3v) is 2.13. The van der Waals surface area contributed by atoms with Crippen molar-refractivity contribution in [3.63, 3.8) is 0 Å². The van der Waals surface area contributed by atoms with Gasteiger partial charge in [-0.1, -0.05) is 15.9 Å². The second-order valence-electron chi connectivity index (χ2n) is 2.46. The molecule has 0 saturated heterocycles. The molecule has 0 fully saturated rings. The number of methoxy groups -OCH3 is 1. The van der Waals surface area contributed by atoms with E-state index in [1.807, 2.05) is 6.07 Å². The van der Waals surface area contributed by atoms with Crippen LogP contribution >= 0.6 is 15.9 Å². The van der Waals surface area contributed by atoms with Gasteiger partial charge in [0.15, 0.2) is 0 Å². The molecule has 0 amide bonds. The lowest BCUT2D eigenvalue weighted by Gasteiger charge is -2.08. The lowest BCUT2D eigenvalue weighted by atomic mass is 10.1. The molecule has 0 aromatic heterocycles. The Morgan fingerprint density at radius 3 is 2.77 bits per heavy atom. The molecule has 0 saturated carbocycles. The summed E-state index contributed by atoms with van der Waals surface area (Å²) >= 11 is 3.30. The minimum absolute atomic E-state index is 0.358. The minimum atomic E-state index is 0.358. The molecule has 0 aliphatic rings. The molecule has 0 radical (unpaired) electrons. The van der Waals surface area contributed by atoms with Gasteiger partial charge in [-0.05, 0) is 12.1 Å². The summed E-state index contributed by atoms with van der Waals surface area (Å²) in [5.41, 5.74) is 6.83. The van der Waals surface area contributed by atoms with Crippen LogP contribution in [0.3, 0.4) is 0 Å². The van der Waals surface area contributed by atoms with Gasteiger partial charge in [0.1, 0.15) is 11.8 Å². The molecule has 1 aromatic carbocycles. The van der Waals surface area contributed by atoms with Gasteiger partial charge in [-0.3, -0.25) is 0 Å². The minimum Gasteiger partial charge on any atom is -0.495 e. The highest BCUT2D eigenvalue weighted by Crippen LogP contribution is 2.27. The second kappa shape index (κ2) is 4.26. The summed E-state index contributed by atoms with van der Waals surface area (Å²) in [6, 6.07) is 5.60. The first-order chi connectivity index (χ1) is 6.22. The molecular formula is C9H9BrN2O. The molecule has 0 unspecified atom stereocenters. The molecule has 0 atom stereocenters. The van der Waals surface area contributed by atoms with Gasteiger partial charge in [0.2, 0.25) is 0 Å². The van der Waals surface area contributed by atoms with Crippen molar-refractivity contribution in [1.82, 2.24) is 0 Å². The van der Waals surface area contributed by atoms with Crippen molar-refractivity contribution in [3.8, 4) is 11.8 Å². The number of nitrogens with zero attached hydrogens (tertiary/aromatic N) is 1. The van der Waals surface area contributed by atoms with Crippen molar-refractivity contribution in [2.24, 2.45) is 5.73 Å². The average Bonchev–Trinajstić information content (AvgIpc) is 2.16. The quantitative estimate of drug-likeness (QED) is 0.858. The molecule has 0 spiro atoms. The third-order valence-electron chi connectivity index (χ3n) is 1.68. The number of nitrogens with two attached hydrogens (primary N) is 1. The number of hydrogen-bond donors (Lipinski definition) is 1. The monoisotopic (exact) mass is 240 g/mol. The van der Waals surface area contributed by atoms with Crippen LogP contribution in [-0.2, 0) is 6.54 Å². The van der Waals surface area contributed by atoms with Gasteiger partial charge >= 0.3 is 0 Å². The topological polar surface area (TPSA) is 59.0 Å². The lowest BCUT2D eigenvalue weighted by molar-refractivity contribution is 0.408. The van der Waals surface area contributed by atoms with Crippen LogP contribution in [-0.4, -0.2) is 7.11 Å². The first kappa shape index (κ1) is 10.0. The van der Waals surface area contributed by atoms with Crippen molar-refractivity contribution >= 4 is 15.9 Å². The summed E-state index contributed by atoms with van der Waals surface area (Å²) in [4.78, 5) is 0. The molecule has 0 bridgehead atoms. The Morgan fingerprint density at radius 2 is 2.31 bits per heavy atom. The predicted molar refractivity (Wildman–Crippen MR) is 53.3 cm³/mol. The largest absolute Gasteiger partial charge is 0.495 e. The van der Waals surface area contributed by atoms with E-state index in [0.717, 1.165) is 10.0 Å². The van der Waals surface area contributed by atoms with Crippen molar-refractivity contribution in [3.05, 3.63) is 27.7 Å². The van der Waals surface area contributed by atoms with Gasteiger partial charge in [-0.2, -0.15) is 5.26 Å². The Morgan fingerprint density at radius 1 is 1.62 bits per heavy atom. The molecule has 4 heteroatoms. The number of rotatable bonds is 2. The predicted octanol–water partition coefficient (Wildman–Crippen LogP) is 1.79. The first-order valence-corrected chi connectivity index (χ1v) is 4.48. The fraction of sp³-hybridized carbons (Fsp3) is 0.222. The summed E-state index contributed by atoms with van der Waals surface area (Å²) in [7, 11) is 1.53. The maximum Gasteiger partial charge on any atom is 0.141 e. The Kier molecular flexibility index (Phi) is 3.29. The highest BCUT2D eigenvalue weighted by atomic mass is 79.9. The van der Waals surface area contributed by atoms with Gasteiger partial charge in [0, 0.05) is 16.6 Å². The summed E-state index contributed by atoms with van der Waals surface area (Å²) in [6.07, 6.45) is 0. The number of hydrogen-bond acceptors (Lipinski definition) is 3. The van der Waals surface area contributed by atoms with Crippen molar-refractivity contribution in [2.45, 2.75) is 6.54 Å². The molecule has 2 N–H and O–H groups in total. The Bertz CT molecular complexity index is 357. The number of ether oxygens (including phenoxy) is 1. The molecule has 13 heavy (non-hydrogen) atoms. The van der Waals surface area contributed by atoms with Gasteiger partial charge in [-0.25, -0.2) is 0 Å². The van der Waals surface area contributed by atoms with E-state index in [4.69, 9.17) is 15.7 Å². The van der Waals surface area contributed by atoms with Crippen LogP contribution in [0.5, 0.6) is 5.75 Å². The van der Waals surface area contributed by atoms with Gasteiger partial charge in [0.05, 0.1) is 12.7 Å². The Labute approximate surface area is 85.2 Å². The zero-order chi connectivity index (χ0) is 9.84. The summed E-state index contributed by atoms with van der Waals surface area (Å²) in [5, 5.41) is 8.80. The van der Waals surface area contributed by atoms with E-state index in [1.165, 1.54) is 7.11 Å². The smallest absolute Gasteiger partial charge is 0.141 e. The van der Waals surface area contributed by atoms with Crippen molar-refractivity contribution < 1.29 is 4.74 Å². The van der Waals surface area contributed by atoms with Crippen molar-refractivity contribution in [2.75, 3.05) is 7.11 Å². The van der Waals surface area contributed by atoms with E-state index in [2.05, 4.69) is 22.0 Å². The van der Waals surface area contributed by atoms with E-state index in [1.54, 1.807) is 6.07 Å². The molecule has 3 nitrogen and oxygen atoms in total. The van der Waals surface area contributed by atoms with Crippen molar-refractivity contribution in [1.29, 1.82) is 5.26 Å². The van der Waals surface area contributed by atoms with Crippen LogP contribution in [0.2, 0.25) is 0 Å². The van der Waals surface area contributed by atoms with E-state index >= 15 is 0 Å². The summed E-state index contributed by atoms with van der Waals surface area (Å²) < 4.78 is 5.93. The van der Waals surface area contributed by atoms with E-state index < -0.39 is 0 Å². The molecule has 0 heterocycles. The number of benzene rings is 1. The molecule has 68 valence electrons. The van der Waals surface area contributed by atoms with Crippen LogP contribution < -0.4 is 10.5 Å². The Hall–Kier alpha value is -1.05. The molecule has 1 aromatic rings. The average molecular weight is 241 g/mol. The van der Waals surface area contributed by atoms with Crippen LogP contribution in [0.15, 0.2) is 16.6 Å². The maximum atomic E-state index is 8.80. The van der Waals surface area contributed by atoms with Crippen LogP contribution in [0, 0.1) is 11.3 Å². The zero-order valence-corrected chi connectivity index (χ0v) is 8.76. The van der Waals surface area contributed by atoms with Gasteiger partial charge in [0.25, 0.3) is 0 Å². The fourth-order valence-electron chi connectivity index (χ4n) is 1.13. The Balaban J connectivity index is 3.36. The molecular weight excluding hydrogens is 232 g/mol. The van der Waals surface area contributed by atoms with E-state index in [0.29, 0.717) is 17.9 Å².